The molecule has 0 aliphatic carbocycles. The first-order valence-corrected chi connectivity index (χ1v) is 15.0. The number of benzene rings is 2. The Morgan fingerprint density at radius 1 is 1.02 bits per heavy atom. The molecule has 2 fully saturated rings. The van der Waals surface area contributed by atoms with E-state index >= 15 is 0 Å². The van der Waals surface area contributed by atoms with Gasteiger partial charge in [-0.25, -0.2) is 9.78 Å². The fourth-order valence-corrected chi connectivity index (χ4v) is 7.75. The van der Waals surface area contributed by atoms with Crippen molar-refractivity contribution in [1.82, 2.24) is 39.5 Å². The third kappa shape index (κ3) is 3.65. The van der Waals surface area contributed by atoms with Gasteiger partial charge in [-0.1, -0.05) is 6.07 Å². The van der Waals surface area contributed by atoms with Crippen LogP contribution in [0.1, 0.15) is 25.7 Å². The number of carbonyl (C=O) groups is 1. The number of ether oxygens (including phenoxy) is 1. The fourth-order valence-electron chi connectivity index (χ4n) is 7.75. The molecule has 0 radical (unpaired) electrons. The first-order valence-electron chi connectivity index (χ1n) is 15.0. The van der Waals surface area contributed by atoms with E-state index in [1.165, 1.54) is 0 Å². The van der Waals surface area contributed by atoms with Gasteiger partial charge in [0.05, 0.1) is 47.1 Å². The molecule has 6 heterocycles. The molecule has 2 aliphatic rings. The quantitative estimate of drug-likeness (QED) is 0.281. The fraction of sp³-hybridized carbons (Fsp3) is 0.333. The molecule has 3 atom stereocenters. The van der Waals surface area contributed by atoms with Gasteiger partial charge in [-0.05, 0) is 73.2 Å². The molecule has 3 N–H and O–H groups in total. The van der Waals surface area contributed by atoms with Crippen molar-refractivity contribution in [2.24, 2.45) is 14.1 Å². The monoisotopic (exact) mass is 590 g/mol. The molecule has 4 aromatic heterocycles. The molecule has 11 heteroatoms. The summed E-state index contributed by atoms with van der Waals surface area (Å²) < 4.78 is 10.7. The summed E-state index contributed by atoms with van der Waals surface area (Å²) in [5.74, 6) is 0.619. The summed E-state index contributed by atoms with van der Waals surface area (Å²) in [7, 11) is 7.00. The first kappa shape index (κ1) is 26.7. The zero-order valence-electron chi connectivity index (χ0n) is 25.1. The van der Waals surface area contributed by atoms with Crippen LogP contribution in [0.3, 0.4) is 0 Å². The van der Waals surface area contributed by atoms with Gasteiger partial charge in [-0.15, -0.1) is 0 Å². The third-order valence-corrected chi connectivity index (χ3v) is 9.83. The number of carbonyl (C=O) groups excluding carboxylic acids is 1. The van der Waals surface area contributed by atoms with Crippen molar-refractivity contribution in [3.05, 3.63) is 65.3 Å². The number of aromatic nitrogens is 6. The number of aryl methyl sites for hydroxylation is 2. The van der Waals surface area contributed by atoms with E-state index in [0.29, 0.717) is 29.5 Å². The summed E-state index contributed by atoms with van der Waals surface area (Å²) in [4.78, 5) is 36.8. The standard InChI is InChI=1S/C33H34N8O3/c1-34-31(42)33(14-21-8-9-22(15-33)37-21)41-29-25(39(2)32(41)43)17-35-30-27(29)26(19-7-12-24-20(13-19)16-36-40(24)3)28(38-30)18-5-10-23(44-4)11-6-18/h5-7,10-13,16-17,21-22,37H,8-9,14-15H2,1-4H3,(H,34,42)(H,35,38)/t21-,22?,33?/m0/s1. The number of fused-ring (bicyclic) bond motifs is 6. The van der Waals surface area contributed by atoms with Gasteiger partial charge in [-0.3, -0.25) is 18.6 Å². The number of rotatable bonds is 5. The number of amides is 1. The molecular formula is C33H34N8O3. The average molecular weight is 591 g/mol. The topological polar surface area (TPSA) is 124 Å². The highest BCUT2D eigenvalue weighted by atomic mass is 16.5. The Morgan fingerprint density at radius 3 is 2.45 bits per heavy atom. The number of hydrogen-bond acceptors (Lipinski definition) is 6. The van der Waals surface area contributed by atoms with Gasteiger partial charge >= 0.3 is 5.69 Å². The summed E-state index contributed by atoms with van der Waals surface area (Å²) in [6, 6.07) is 14.5. The Kier molecular flexibility index (Phi) is 5.80. The number of hydrogen-bond donors (Lipinski definition) is 3. The van der Waals surface area contributed by atoms with Gasteiger partial charge in [0.15, 0.2) is 0 Å². The lowest BCUT2D eigenvalue weighted by atomic mass is 9.82. The molecular weight excluding hydrogens is 556 g/mol. The highest BCUT2D eigenvalue weighted by Gasteiger charge is 2.51. The van der Waals surface area contributed by atoms with Crippen LogP contribution in [0.25, 0.3) is 55.4 Å². The molecule has 2 saturated heterocycles. The molecule has 8 rings (SSSR count). The second kappa shape index (κ2) is 9.55. The van der Waals surface area contributed by atoms with Crippen LogP contribution in [0.2, 0.25) is 0 Å². The molecule has 2 aliphatic heterocycles. The van der Waals surface area contributed by atoms with Crippen molar-refractivity contribution in [2.45, 2.75) is 43.3 Å². The van der Waals surface area contributed by atoms with Crippen LogP contribution in [0, 0.1) is 0 Å². The Labute approximate surface area is 252 Å². The second-order valence-corrected chi connectivity index (χ2v) is 12.2. The molecule has 2 aromatic carbocycles. The van der Waals surface area contributed by atoms with Crippen LogP contribution >= 0.6 is 0 Å². The van der Waals surface area contributed by atoms with Crippen molar-refractivity contribution >= 4 is 38.9 Å². The summed E-state index contributed by atoms with van der Waals surface area (Å²) >= 11 is 0. The number of nitrogens with one attached hydrogen (secondary N) is 3. The van der Waals surface area contributed by atoms with Gasteiger partial charge in [0.2, 0.25) is 5.91 Å². The summed E-state index contributed by atoms with van der Waals surface area (Å²) in [6.45, 7) is 0. The zero-order chi connectivity index (χ0) is 30.3. The number of likely N-dealkylation sites (N-methyl/N-ethyl adjacent to an activating group) is 1. The van der Waals surface area contributed by atoms with Crippen LogP contribution in [0.4, 0.5) is 0 Å². The number of aromatic amines is 1. The first-order chi connectivity index (χ1) is 21.3. The molecule has 44 heavy (non-hydrogen) atoms. The van der Waals surface area contributed by atoms with Crippen LogP contribution in [0.15, 0.2) is 59.7 Å². The minimum absolute atomic E-state index is 0.139. The minimum atomic E-state index is -1.04. The summed E-state index contributed by atoms with van der Waals surface area (Å²) in [6.07, 6.45) is 6.66. The van der Waals surface area contributed by atoms with Gasteiger partial charge in [0.25, 0.3) is 0 Å². The molecule has 2 bridgehead atoms. The minimum Gasteiger partial charge on any atom is -0.497 e. The predicted octanol–water partition coefficient (Wildman–Crippen LogP) is 3.80. The summed E-state index contributed by atoms with van der Waals surface area (Å²) in [5, 5.41) is 12.9. The maximum Gasteiger partial charge on any atom is 0.329 e. The number of imidazole rings is 1. The van der Waals surface area contributed by atoms with E-state index in [1.807, 2.05) is 42.2 Å². The lowest BCUT2D eigenvalue weighted by Crippen LogP contribution is -2.59. The molecule has 2 unspecified atom stereocenters. The van der Waals surface area contributed by atoms with E-state index in [-0.39, 0.29) is 23.7 Å². The number of piperidine rings is 1. The highest BCUT2D eigenvalue weighted by molar-refractivity contribution is 6.15. The normalized spacial score (nSPS) is 21.5. The molecule has 0 spiro atoms. The number of nitrogens with zero attached hydrogens (tertiary/aromatic N) is 5. The number of H-pyrrole nitrogens is 1. The lowest BCUT2D eigenvalue weighted by molar-refractivity contribution is -0.131. The van der Waals surface area contributed by atoms with Crippen molar-refractivity contribution in [1.29, 1.82) is 0 Å². The van der Waals surface area contributed by atoms with Crippen molar-refractivity contribution in [2.75, 3.05) is 14.2 Å². The van der Waals surface area contributed by atoms with Gasteiger partial charge in [0.1, 0.15) is 16.9 Å². The SMILES string of the molecule is CNC(=O)C1(n2c(=O)n(C)c3cnc4[nH]c(-c5ccc(OC)cc5)c(-c5ccc6c(cnn6C)c5)c4c32)CC2CC[C@@H](C1)N2. The smallest absolute Gasteiger partial charge is 0.329 e. The van der Waals surface area contributed by atoms with Gasteiger partial charge < -0.3 is 20.4 Å². The van der Waals surface area contributed by atoms with E-state index in [9.17, 15) is 9.59 Å². The number of methoxy groups -OCH3 is 1. The van der Waals surface area contributed by atoms with Gasteiger partial charge in [-0.2, -0.15) is 5.10 Å². The van der Waals surface area contributed by atoms with Gasteiger partial charge in [0, 0.05) is 44.2 Å². The molecule has 224 valence electrons. The predicted molar refractivity (Wildman–Crippen MR) is 170 cm³/mol. The zero-order valence-corrected chi connectivity index (χ0v) is 25.1. The van der Waals surface area contributed by atoms with E-state index in [0.717, 1.165) is 57.3 Å². The van der Waals surface area contributed by atoms with E-state index in [2.05, 4.69) is 38.9 Å². The van der Waals surface area contributed by atoms with Crippen molar-refractivity contribution < 1.29 is 9.53 Å². The lowest BCUT2D eigenvalue weighted by Gasteiger charge is -2.40. The second-order valence-electron chi connectivity index (χ2n) is 12.2. The third-order valence-electron chi connectivity index (χ3n) is 9.83. The van der Waals surface area contributed by atoms with Crippen molar-refractivity contribution in [3.63, 3.8) is 0 Å². The Morgan fingerprint density at radius 2 is 1.75 bits per heavy atom. The van der Waals surface area contributed by atoms with Crippen LogP contribution in [0.5, 0.6) is 5.75 Å². The summed E-state index contributed by atoms with van der Waals surface area (Å²) in [5.41, 5.74) is 5.48. The van der Waals surface area contributed by atoms with E-state index in [4.69, 9.17) is 9.72 Å². The average Bonchev–Trinajstić information content (AvgIpc) is 3.79. The highest BCUT2D eigenvalue weighted by Crippen LogP contribution is 2.45. The van der Waals surface area contributed by atoms with E-state index < -0.39 is 5.54 Å². The molecule has 1 amide bonds. The molecule has 0 saturated carbocycles. The Balaban J connectivity index is 1.51. The Hall–Kier alpha value is -4.90. The largest absolute Gasteiger partial charge is 0.497 e. The van der Waals surface area contributed by atoms with Crippen molar-refractivity contribution in [3.8, 4) is 28.1 Å². The van der Waals surface area contributed by atoms with Crippen LogP contribution in [-0.4, -0.2) is 61.0 Å². The molecule has 11 nitrogen and oxygen atoms in total. The van der Waals surface area contributed by atoms with E-state index in [1.54, 1.807) is 36.5 Å². The molecule has 6 aromatic rings. The van der Waals surface area contributed by atoms with Crippen LogP contribution in [-0.2, 0) is 24.4 Å². The Bertz CT molecular complexity index is 2160. The maximum absolute atomic E-state index is 14.3. The maximum atomic E-state index is 14.3. The van der Waals surface area contributed by atoms with Crippen LogP contribution < -0.4 is 21.1 Å². The number of pyridine rings is 1.